The van der Waals surface area contributed by atoms with Crippen LogP contribution in [-0.4, -0.2) is 24.3 Å². The molecule has 6 heteroatoms. The van der Waals surface area contributed by atoms with Gasteiger partial charge in [-0.25, -0.2) is 9.78 Å². The molecule has 0 saturated carbocycles. The predicted molar refractivity (Wildman–Crippen MR) is 79.2 cm³/mol. The van der Waals surface area contributed by atoms with E-state index in [-0.39, 0.29) is 0 Å². The van der Waals surface area contributed by atoms with Gasteiger partial charge in [-0.05, 0) is 24.3 Å². The van der Waals surface area contributed by atoms with Gasteiger partial charge in [-0.15, -0.1) is 0 Å². The number of methoxy groups -OCH3 is 1. The van der Waals surface area contributed by atoms with E-state index < -0.39 is 5.97 Å². The van der Waals surface area contributed by atoms with Crippen molar-refractivity contribution in [3.8, 4) is 0 Å². The van der Waals surface area contributed by atoms with Crippen molar-refractivity contribution in [2.45, 2.75) is 9.92 Å². The SMILES string of the molecule is COC(=O)c1cccnc1Sc1cccc(Br)c1C=O. The summed E-state index contributed by atoms with van der Waals surface area (Å²) in [7, 11) is 1.32. The standard InChI is InChI=1S/C14H10BrNO3S/c1-19-14(18)9-4-3-7-16-13(9)20-12-6-2-5-11(15)10(12)8-17/h2-8H,1H3. The van der Waals surface area contributed by atoms with Crippen LogP contribution < -0.4 is 0 Å². The summed E-state index contributed by atoms with van der Waals surface area (Å²) < 4.78 is 5.43. The molecule has 0 aliphatic rings. The average Bonchev–Trinajstić information content (AvgIpc) is 2.47. The van der Waals surface area contributed by atoms with Gasteiger partial charge in [0.25, 0.3) is 0 Å². The molecule has 2 aromatic rings. The molecule has 0 bridgehead atoms. The molecular formula is C14H10BrNO3S. The highest BCUT2D eigenvalue weighted by atomic mass is 79.9. The Hall–Kier alpha value is -1.66. The van der Waals surface area contributed by atoms with Crippen LogP contribution in [0.25, 0.3) is 0 Å². The number of nitrogens with zero attached hydrogens (tertiary/aromatic N) is 1. The van der Waals surface area contributed by atoms with Crippen molar-refractivity contribution < 1.29 is 14.3 Å². The zero-order valence-corrected chi connectivity index (χ0v) is 12.9. The summed E-state index contributed by atoms with van der Waals surface area (Å²) in [6, 6.07) is 8.71. The third kappa shape index (κ3) is 3.08. The van der Waals surface area contributed by atoms with E-state index >= 15 is 0 Å². The number of halogens is 1. The number of hydrogen-bond acceptors (Lipinski definition) is 5. The van der Waals surface area contributed by atoms with E-state index in [0.29, 0.717) is 20.6 Å². The smallest absolute Gasteiger partial charge is 0.340 e. The molecule has 0 amide bonds. The lowest BCUT2D eigenvalue weighted by Gasteiger charge is -2.08. The first kappa shape index (κ1) is 14.7. The van der Waals surface area contributed by atoms with Gasteiger partial charge in [0.15, 0.2) is 6.29 Å². The maximum absolute atomic E-state index is 11.7. The van der Waals surface area contributed by atoms with Crippen LogP contribution in [0.2, 0.25) is 0 Å². The lowest BCUT2D eigenvalue weighted by atomic mass is 10.2. The molecular weight excluding hydrogens is 342 g/mol. The number of aromatic nitrogens is 1. The van der Waals surface area contributed by atoms with Gasteiger partial charge >= 0.3 is 5.97 Å². The molecule has 0 unspecified atom stereocenters. The van der Waals surface area contributed by atoms with Gasteiger partial charge in [-0.2, -0.15) is 0 Å². The normalized spacial score (nSPS) is 10.1. The molecule has 0 atom stereocenters. The highest BCUT2D eigenvalue weighted by Gasteiger charge is 2.15. The van der Waals surface area contributed by atoms with Crippen LogP contribution in [0.15, 0.2) is 50.9 Å². The van der Waals surface area contributed by atoms with Crippen molar-refractivity contribution in [3.05, 3.63) is 52.1 Å². The molecule has 2 rings (SSSR count). The molecule has 20 heavy (non-hydrogen) atoms. The zero-order valence-electron chi connectivity index (χ0n) is 10.5. The number of hydrogen-bond donors (Lipinski definition) is 0. The van der Waals surface area contributed by atoms with E-state index in [1.165, 1.54) is 18.9 Å². The van der Waals surface area contributed by atoms with Crippen molar-refractivity contribution >= 4 is 39.9 Å². The van der Waals surface area contributed by atoms with Crippen LogP contribution in [0.4, 0.5) is 0 Å². The predicted octanol–water partition coefficient (Wildman–Crippen LogP) is 3.59. The van der Waals surface area contributed by atoms with E-state index in [4.69, 9.17) is 4.74 Å². The second-order valence-electron chi connectivity index (χ2n) is 3.72. The number of esters is 1. The highest BCUT2D eigenvalue weighted by molar-refractivity contribution is 9.10. The maximum Gasteiger partial charge on any atom is 0.340 e. The lowest BCUT2D eigenvalue weighted by Crippen LogP contribution is -2.04. The summed E-state index contributed by atoms with van der Waals surface area (Å²) in [5.41, 5.74) is 0.899. The van der Waals surface area contributed by atoms with Gasteiger partial charge in [0.05, 0.1) is 12.7 Å². The van der Waals surface area contributed by atoms with Crippen molar-refractivity contribution in [2.75, 3.05) is 7.11 Å². The summed E-state index contributed by atoms with van der Waals surface area (Å²) in [6.45, 7) is 0. The molecule has 0 aliphatic heterocycles. The minimum atomic E-state index is -0.455. The molecule has 0 spiro atoms. The highest BCUT2D eigenvalue weighted by Crippen LogP contribution is 2.33. The van der Waals surface area contributed by atoms with Crippen LogP contribution in [0.3, 0.4) is 0 Å². The maximum atomic E-state index is 11.7. The Kier molecular flexibility index (Phi) is 4.92. The van der Waals surface area contributed by atoms with Gasteiger partial charge in [-0.3, -0.25) is 4.79 Å². The number of benzene rings is 1. The van der Waals surface area contributed by atoms with Gasteiger partial charge in [-0.1, -0.05) is 33.8 Å². The third-order valence-electron chi connectivity index (χ3n) is 2.51. The number of aldehydes is 1. The first-order valence-electron chi connectivity index (χ1n) is 5.62. The van der Waals surface area contributed by atoms with E-state index in [2.05, 4.69) is 20.9 Å². The van der Waals surface area contributed by atoms with Crippen molar-refractivity contribution in [1.82, 2.24) is 4.98 Å². The van der Waals surface area contributed by atoms with E-state index in [1.54, 1.807) is 30.5 Å². The third-order valence-corrected chi connectivity index (χ3v) is 4.30. The fourth-order valence-corrected chi connectivity index (χ4v) is 3.15. The molecule has 0 radical (unpaired) electrons. The molecule has 102 valence electrons. The summed E-state index contributed by atoms with van der Waals surface area (Å²) in [5, 5.41) is 0.501. The molecule has 0 saturated heterocycles. The first-order valence-corrected chi connectivity index (χ1v) is 7.23. The largest absolute Gasteiger partial charge is 0.465 e. The van der Waals surface area contributed by atoms with Crippen LogP contribution in [-0.2, 0) is 4.74 Å². The minimum absolute atomic E-state index is 0.372. The summed E-state index contributed by atoms with van der Waals surface area (Å²) >= 11 is 4.58. The van der Waals surface area contributed by atoms with Crippen LogP contribution in [0, 0.1) is 0 Å². The Morgan fingerprint density at radius 3 is 2.85 bits per heavy atom. The molecule has 0 fully saturated rings. The molecule has 1 heterocycles. The molecule has 1 aromatic carbocycles. The molecule has 1 aromatic heterocycles. The fraction of sp³-hybridized carbons (Fsp3) is 0.0714. The Balaban J connectivity index is 2.43. The van der Waals surface area contributed by atoms with Gasteiger partial charge in [0.2, 0.25) is 0 Å². The second-order valence-corrected chi connectivity index (χ2v) is 5.60. The van der Waals surface area contributed by atoms with Crippen LogP contribution in [0.5, 0.6) is 0 Å². The molecule has 0 aliphatic carbocycles. The quantitative estimate of drug-likeness (QED) is 0.622. The van der Waals surface area contributed by atoms with Gasteiger partial charge < -0.3 is 4.74 Å². The second kappa shape index (κ2) is 6.67. The lowest BCUT2D eigenvalue weighted by molar-refractivity contribution is 0.0595. The Morgan fingerprint density at radius 1 is 1.35 bits per heavy atom. The number of carbonyl (C=O) groups is 2. The monoisotopic (exact) mass is 351 g/mol. The number of carbonyl (C=O) groups excluding carboxylic acids is 2. The molecule has 0 N–H and O–H groups in total. The fourth-order valence-electron chi connectivity index (χ4n) is 1.56. The Morgan fingerprint density at radius 2 is 2.15 bits per heavy atom. The minimum Gasteiger partial charge on any atom is -0.465 e. The number of pyridine rings is 1. The Labute approximate surface area is 128 Å². The van der Waals surface area contributed by atoms with Gasteiger partial charge in [0.1, 0.15) is 5.03 Å². The zero-order chi connectivity index (χ0) is 14.5. The van der Waals surface area contributed by atoms with E-state index in [1.807, 2.05) is 6.07 Å². The first-order chi connectivity index (χ1) is 9.67. The number of rotatable bonds is 4. The summed E-state index contributed by atoms with van der Waals surface area (Å²) in [6.07, 6.45) is 2.36. The summed E-state index contributed by atoms with van der Waals surface area (Å²) in [5.74, 6) is -0.455. The molecule has 4 nitrogen and oxygen atoms in total. The van der Waals surface area contributed by atoms with E-state index in [9.17, 15) is 9.59 Å². The van der Waals surface area contributed by atoms with Crippen LogP contribution >= 0.6 is 27.7 Å². The van der Waals surface area contributed by atoms with Crippen molar-refractivity contribution in [1.29, 1.82) is 0 Å². The van der Waals surface area contributed by atoms with E-state index in [0.717, 1.165) is 11.2 Å². The summed E-state index contributed by atoms with van der Waals surface area (Å²) in [4.78, 5) is 27.7. The van der Waals surface area contributed by atoms with Crippen molar-refractivity contribution in [3.63, 3.8) is 0 Å². The van der Waals surface area contributed by atoms with Gasteiger partial charge in [0, 0.05) is 21.1 Å². The number of ether oxygens (including phenoxy) is 1. The topological polar surface area (TPSA) is 56.3 Å². The Bertz CT molecular complexity index is 661. The van der Waals surface area contributed by atoms with Crippen LogP contribution in [0.1, 0.15) is 20.7 Å². The average molecular weight is 352 g/mol. The van der Waals surface area contributed by atoms with Crippen molar-refractivity contribution in [2.24, 2.45) is 0 Å².